The van der Waals surface area contributed by atoms with Crippen molar-refractivity contribution in [2.75, 3.05) is 20.8 Å². The van der Waals surface area contributed by atoms with Gasteiger partial charge >= 0.3 is 6.18 Å². The van der Waals surface area contributed by atoms with Crippen LogP contribution in [0, 0.1) is 0 Å². The highest BCUT2D eigenvalue weighted by Crippen LogP contribution is 2.35. The Bertz CT molecular complexity index is 1090. The second kappa shape index (κ2) is 8.66. The van der Waals surface area contributed by atoms with Gasteiger partial charge in [0.15, 0.2) is 5.82 Å². The molecule has 6 nitrogen and oxygen atoms in total. The Morgan fingerprint density at radius 2 is 1.72 bits per heavy atom. The molecule has 1 aliphatic rings. The number of fused-ring (bicyclic) bond motifs is 1. The maximum atomic E-state index is 12.8. The SMILES string of the molecule is COc1cc(O)cc(OC)c1CN1CCc2nc(-c3ccc(C(F)(F)F)cc3)ncc2C1. The predicted molar refractivity (Wildman–Crippen MR) is 111 cm³/mol. The number of halogens is 3. The number of benzene rings is 2. The van der Waals surface area contributed by atoms with Crippen LogP contribution in [0.2, 0.25) is 0 Å². The van der Waals surface area contributed by atoms with Crippen molar-refractivity contribution >= 4 is 0 Å². The van der Waals surface area contributed by atoms with Crippen molar-refractivity contribution in [3.8, 4) is 28.6 Å². The maximum absolute atomic E-state index is 12.8. The lowest BCUT2D eigenvalue weighted by atomic mass is 10.0. The molecule has 3 aromatic rings. The topological polar surface area (TPSA) is 67.7 Å². The lowest BCUT2D eigenvalue weighted by molar-refractivity contribution is -0.137. The van der Waals surface area contributed by atoms with Gasteiger partial charge in [-0.1, -0.05) is 12.1 Å². The molecule has 1 N–H and O–H groups in total. The molecular weight excluding hydrogens is 423 g/mol. The summed E-state index contributed by atoms with van der Waals surface area (Å²) in [5, 5.41) is 9.85. The molecule has 0 unspecified atom stereocenters. The third-order valence-electron chi connectivity index (χ3n) is 5.46. The number of phenols is 1. The summed E-state index contributed by atoms with van der Waals surface area (Å²) in [6.45, 7) is 1.88. The molecule has 0 bridgehead atoms. The van der Waals surface area contributed by atoms with E-state index in [1.165, 1.54) is 12.1 Å². The van der Waals surface area contributed by atoms with Crippen molar-refractivity contribution in [2.45, 2.75) is 25.7 Å². The third-order valence-corrected chi connectivity index (χ3v) is 5.46. The van der Waals surface area contributed by atoms with Crippen LogP contribution in [0.3, 0.4) is 0 Å². The lowest BCUT2D eigenvalue weighted by Gasteiger charge is -2.29. The van der Waals surface area contributed by atoms with Crippen LogP contribution in [0.4, 0.5) is 13.2 Å². The van der Waals surface area contributed by atoms with Gasteiger partial charge in [-0.3, -0.25) is 4.90 Å². The number of nitrogens with zero attached hydrogens (tertiary/aromatic N) is 3. The number of ether oxygens (including phenoxy) is 2. The van der Waals surface area contributed by atoms with Crippen molar-refractivity contribution in [3.05, 3.63) is 65.0 Å². The number of hydrogen-bond donors (Lipinski definition) is 1. The van der Waals surface area contributed by atoms with Crippen LogP contribution in [0.5, 0.6) is 17.2 Å². The van der Waals surface area contributed by atoms with Gasteiger partial charge in [0.05, 0.1) is 31.0 Å². The van der Waals surface area contributed by atoms with Crippen LogP contribution in [0.15, 0.2) is 42.6 Å². The molecule has 0 radical (unpaired) electrons. The zero-order valence-corrected chi connectivity index (χ0v) is 17.6. The second-order valence-electron chi connectivity index (χ2n) is 7.53. The Labute approximate surface area is 183 Å². The largest absolute Gasteiger partial charge is 0.508 e. The summed E-state index contributed by atoms with van der Waals surface area (Å²) in [4.78, 5) is 11.2. The van der Waals surface area contributed by atoms with Gasteiger partial charge in [0.2, 0.25) is 0 Å². The van der Waals surface area contributed by atoms with Gasteiger partial charge in [-0.15, -0.1) is 0 Å². The zero-order valence-electron chi connectivity index (χ0n) is 17.6. The normalized spacial score (nSPS) is 14.2. The summed E-state index contributed by atoms with van der Waals surface area (Å²) in [6.07, 6.45) is -1.97. The Kier molecular flexibility index (Phi) is 5.92. The van der Waals surface area contributed by atoms with Gasteiger partial charge in [0.1, 0.15) is 17.2 Å². The van der Waals surface area contributed by atoms with Crippen LogP contribution in [-0.2, 0) is 25.7 Å². The smallest absolute Gasteiger partial charge is 0.416 e. The molecule has 4 rings (SSSR count). The molecule has 168 valence electrons. The summed E-state index contributed by atoms with van der Waals surface area (Å²) < 4.78 is 49.2. The molecule has 0 saturated heterocycles. The molecule has 1 aromatic heterocycles. The third kappa shape index (κ3) is 4.47. The number of methoxy groups -OCH3 is 2. The summed E-state index contributed by atoms with van der Waals surface area (Å²) in [5.41, 5.74) is 2.52. The van der Waals surface area contributed by atoms with Gasteiger partial charge in [0.25, 0.3) is 0 Å². The highest BCUT2D eigenvalue weighted by Gasteiger charge is 2.30. The fourth-order valence-electron chi connectivity index (χ4n) is 3.81. The number of hydrogen-bond acceptors (Lipinski definition) is 6. The van der Waals surface area contributed by atoms with E-state index in [-0.39, 0.29) is 5.75 Å². The van der Waals surface area contributed by atoms with Gasteiger partial charge in [0, 0.05) is 55.5 Å². The molecule has 1 aliphatic heterocycles. The highest BCUT2D eigenvalue weighted by molar-refractivity contribution is 5.56. The van der Waals surface area contributed by atoms with E-state index in [9.17, 15) is 18.3 Å². The van der Waals surface area contributed by atoms with E-state index >= 15 is 0 Å². The Morgan fingerprint density at radius 1 is 1.06 bits per heavy atom. The standard InChI is InChI=1S/C23H22F3N3O3/c1-31-20-9-17(30)10-21(32-2)18(20)13-29-8-7-19-15(12-29)11-27-22(28-19)14-3-5-16(6-4-14)23(24,25)26/h3-6,9-11,30H,7-8,12-13H2,1-2H3. The van der Waals surface area contributed by atoms with Crippen molar-refractivity contribution in [2.24, 2.45) is 0 Å². The van der Waals surface area contributed by atoms with E-state index in [0.29, 0.717) is 42.4 Å². The van der Waals surface area contributed by atoms with Crippen LogP contribution in [-0.4, -0.2) is 40.7 Å². The van der Waals surface area contributed by atoms with E-state index in [4.69, 9.17) is 9.47 Å². The molecule has 0 spiro atoms. The number of rotatable bonds is 5. The molecule has 9 heteroatoms. The fourth-order valence-corrected chi connectivity index (χ4v) is 3.81. The first-order valence-electron chi connectivity index (χ1n) is 9.97. The molecule has 2 heterocycles. The van der Waals surface area contributed by atoms with Crippen molar-refractivity contribution in [1.29, 1.82) is 0 Å². The number of alkyl halides is 3. The Morgan fingerprint density at radius 3 is 2.31 bits per heavy atom. The summed E-state index contributed by atoms with van der Waals surface area (Å²) >= 11 is 0. The summed E-state index contributed by atoms with van der Waals surface area (Å²) in [5.74, 6) is 1.56. The minimum atomic E-state index is -4.37. The van der Waals surface area contributed by atoms with Crippen LogP contribution >= 0.6 is 0 Å². The average molecular weight is 445 g/mol. The van der Waals surface area contributed by atoms with Crippen LogP contribution < -0.4 is 9.47 Å². The van der Waals surface area contributed by atoms with E-state index in [1.54, 1.807) is 32.5 Å². The van der Waals surface area contributed by atoms with E-state index in [2.05, 4.69) is 14.9 Å². The molecule has 0 amide bonds. The monoisotopic (exact) mass is 445 g/mol. The zero-order chi connectivity index (χ0) is 22.9. The van der Waals surface area contributed by atoms with Crippen molar-refractivity contribution in [3.63, 3.8) is 0 Å². The van der Waals surface area contributed by atoms with Crippen LogP contribution in [0.1, 0.15) is 22.4 Å². The van der Waals surface area contributed by atoms with Crippen molar-refractivity contribution in [1.82, 2.24) is 14.9 Å². The first-order chi connectivity index (χ1) is 15.3. The van der Waals surface area contributed by atoms with Crippen LogP contribution in [0.25, 0.3) is 11.4 Å². The number of aromatic hydroxyl groups is 1. The molecule has 32 heavy (non-hydrogen) atoms. The first-order valence-corrected chi connectivity index (χ1v) is 9.97. The molecule has 0 saturated carbocycles. The molecule has 0 atom stereocenters. The number of phenolic OH excluding ortho intramolecular Hbond substituents is 1. The first kappa shape index (κ1) is 21.9. The second-order valence-corrected chi connectivity index (χ2v) is 7.53. The fraction of sp³-hybridized carbons (Fsp3) is 0.304. The van der Waals surface area contributed by atoms with Crippen molar-refractivity contribution < 1.29 is 27.8 Å². The van der Waals surface area contributed by atoms with Gasteiger partial charge in [-0.2, -0.15) is 13.2 Å². The van der Waals surface area contributed by atoms with E-state index < -0.39 is 11.7 Å². The lowest BCUT2D eigenvalue weighted by Crippen LogP contribution is -2.31. The number of aromatic nitrogens is 2. The quantitative estimate of drug-likeness (QED) is 0.626. The minimum absolute atomic E-state index is 0.0654. The Hall–Kier alpha value is -3.33. The highest BCUT2D eigenvalue weighted by atomic mass is 19.4. The maximum Gasteiger partial charge on any atom is 0.416 e. The molecular formula is C23H22F3N3O3. The van der Waals surface area contributed by atoms with Gasteiger partial charge in [-0.25, -0.2) is 9.97 Å². The predicted octanol–water partition coefficient (Wildman–Crippen LogP) is 4.44. The minimum Gasteiger partial charge on any atom is -0.508 e. The summed E-state index contributed by atoms with van der Waals surface area (Å²) in [6, 6.07) is 7.97. The Balaban J connectivity index is 1.53. The summed E-state index contributed by atoms with van der Waals surface area (Å²) in [7, 11) is 3.08. The van der Waals surface area contributed by atoms with E-state index in [0.717, 1.165) is 35.5 Å². The van der Waals surface area contributed by atoms with E-state index in [1.807, 2.05) is 0 Å². The average Bonchev–Trinajstić information content (AvgIpc) is 2.79. The molecule has 2 aromatic carbocycles. The van der Waals surface area contributed by atoms with Gasteiger partial charge < -0.3 is 14.6 Å². The molecule has 0 fully saturated rings. The molecule has 0 aliphatic carbocycles. The van der Waals surface area contributed by atoms with Gasteiger partial charge in [-0.05, 0) is 12.1 Å².